The van der Waals surface area contributed by atoms with Gasteiger partial charge in [0.05, 0.1) is 43.1 Å². The van der Waals surface area contributed by atoms with Crippen LogP contribution < -0.4 is 20.1 Å². The minimum atomic E-state index is -1.32. The van der Waals surface area contributed by atoms with E-state index in [2.05, 4.69) is 53.2 Å². The molecular weight excluding hydrogens is 562 g/mol. The Bertz CT molecular complexity index is 1630. The van der Waals surface area contributed by atoms with E-state index in [0.29, 0.717) is 22.8 Å². The molecule has 0 saturated carbocycles. The third kappa shape index (κ3) is 7.33. The molecule has 10 heteroatoms. The Morgan fingerprint density at radius 1 is 0.977 bits per heavy atom. The van der Waals surface area contributed by atoms with Gasteiger partial charge in [-0.25, -0.2) is 9.00 Å². The highest BCUT2D eigenvalue weighted by atomic mass is 32.2. The molecule has 3 N–H and O–H groups in total. The summed E-state index contributed by atoms with van der Waals surface area (Å²) in [6.45, 7) is 10.4. The summed E-state index contributed by atoms with van der Waals surface area (Å²) in [6, 6.07) is 19.5. The third-order valence-electron chi connectivity index (χ3n) is 7.46. The molecule has 1 unspecified atom stereocenters. The molecule has 1 atom stereocenters. The normalized spacial score (nSPS) is 14.7. The quantitative estimate of drug-likeness (QED) is 0.216. The number of anilines is 3. The maximum absolute atomic E-state index is 13.4. The number of nitrogens with zero attached hydrogens (tertiary/aromatic N) is 2. The number of urea groups is 1. The second-order valence-electron chi connectivity index (χ2n) is 11.6. The number of nitrogens with one attached hydrogen (secondary N) is 3. The van der Waals surface area contributed by atoms with Gasteiger partial charge in [-0.1, -0.05) is 57.2 Å². The molecule has 1 fully saturated rings. The molecule has 1 aliphatic heterocycles. The predicted molar refractivity (Wildman–Crippen MR) is 175 cm³/mol. The number of fused-ring (bicyclic) bond motifs is 1. The fourth-order valence-corrected chi connectivity index (χ4v) is 5.67. The van der Waals surface area contributed by atoms with E-state index in [1.807, 2.05) is 54.7 Å². The molecule has 1 aliphatic rings. The van der Waals surface area contributed by atoms with Crippen molar-refractivity contribution in [3.05, 3.63) is 78.1 Å². The molecule has 0 aliphatic carbocycles. The summed E-state index contributed by atoms with van der Waals surface area (Å²) in [7, 11) is 0.200. The van der Waals surface area contributed by atoms with Gasteiger partial charge in [0.1, 0.15) is 11.0 Å². The van der Waals surface area contributed by atoms with Crippen LogP contribution in [0.5, 0.6) is 5.75 Å². The summed E-state index contributed by atoms with van der Waals surface area (Å²) in [4.78, 5) is 20.5. The Balaban J connectivity index is 1.39. The molecule has 0 bridgehead atoms. The Kier molecular flexibility index (Phi) is 9.29. The van der Waals surface area contributed by atoms with Crippen molar-refractivity contribution >= 4 is 44.9 Å². The number of pyridine rings is 1. The summed E-state index contributed by atoms with van der Waals surface area (Å²) in [5.74, 6) is 0.406. The second-order valence-corrected chi connectivity index (χ2v) is 12.7. The van der Waals surface area contributed by atoms with Gasteiger partial charge >= 0.3 is 6.03 Å². The summed E-state index contributed by atoms with van der Waals surface area (Å²) in [6.07, 6.45) is 3.47. The van der Waals surface area contributed by atoms with Gasteiger partial charge in [-0.05, 0) is 46.2 Å². The minimum absolute atomic E-state index is 0.216. The topological polar surface area (TPSA) is 105 Å². The van der Waals surface area contributed by atoms with E-state index in [-0.39, 0.29) is 5.41 Å². The number of aromatic nitrogens is 1. The van der Waals surface area contributed by atoms with Gasteiger partial charge in [-0.3, -0.25) is 9.88 Å². The third-order valence-corrected chi connectivity index (χ3v) is 7.97. The maximum Gasteiger partial charge on any atom is 0.323 e. The van der Waals surface area contributed by atoms with Crippen LogP contribution in [-0.4, -0.2) is 59.8 Å². The number of benzene rings is 3. The number of morpholine rings is 1. The number of methoxy groups -OCH3 is 1. The van der Waals surface area contributed by atoms with E-state index < -0.39 is 17.0 Å². The zero-order valence-electron chi connectivity index (χ0n) is 25.3. The molecule has 9 nitrogen and oxygen atoms in total. The summed E-state index contributed by atoms with van der Waals surface area (Å²) < 4.78 is 26.0. The zero-order valence-corrected chi connectivity index (χ0v) is 26.1. The molecule has 43 heavy (non-hydrogen) atoms. The van der Waals surface area contributed by atoms with E-state index >= 15 is 0 Å². The van der Waals surface area contributed by atoms with Gasteiger partial charge in [0.25, 0.3) is 0 Å². The number of rotatable bonds is 8. The monoisotopic (exact) mass is 601 g/mol. The molecule has 1 aromatic heterocycles. The molecular formula is C33H39N5O4S. The van der Waals surface area contributed by atoms with Crippen molar-refractivity contribution in [2.75, 3.05) is 55.0 Å². The van der Waals surface area contributed by atoms with Gasteiger partial charge in [0.2, 0.25) is 0 Å². The fraction of sp³-hybridized carbons (Fsp3) is 0.333. The van der Waals surface area contributed by atoms with E-state index in [4.69, 9.17) is 14.5 Å². The molecule has 0 spiro atoms. The molecule has 2 amide bonds. The average Bonchev–Trinajstić information content (AvgIpc) is 2.97. The largest absolute Gasteiger partial charge is 0.492 e. The number of ether oxygens (including phenoxy) is 2. The number of carbonyl (C=O) groups excluding carboxylic acids is 1. The maximum atomic E-state index is 13.4. The average molecular weight is 602 g/mol. The first-order valence-corrected chi connectivity index (χ1v) is 15.9. The number of carbonyl (C=O) groups is 1. The molecule has 0 radical (unpaired) electrons. The first-order valence-electron chi connectivity index (χ1n) is 14.3. The highest BCUT2D eigenvalue weighted by molar-refractivity contribution is 7.85. The lowest BCUT2D eigenvalue weighted by Gasteiger charge is -2.26. The lowest BCUT2D eigenvalue weighted by atomic mass is 9.86. The van der Waals surface area contributed by atoms with Crippen LogP contribution in [0.3, 0.4) is 0 Å². The van der Waals surface area contributed by atoms with Gasteiger partial charge in [0, 0.05) is 43.0 Å². The zero-order chi connectivity index (χ0) is 30.6. The molecule has 3 aromatic carbocycles. The first-order chi connectivity index (χ1) is 20.6. The molecule has 2 heterocycles. The predicted octanol–water partition coefficient (Wildman–Crippen LogP) is 6.39. The Morgan fingerprint density at radius 2 is 1.67 bits per heavy atom. The summed E-state index contributed by atoms with van der Waals surface area (Å²) in [5.41, 5.74) is 5.51. The lowest BCUT2D eigenvalue weighted by Crippen LogP contribution is -2.35. The highest BCUT2D eigenvalue weighted by Crippen LogP contribution is 2.39. The van der Waals surface area contributed by atoms with Gasteiger partial charge in [0.15, 0.2) is 5.75 Å². The SMILES string of the molecule is COc1c(NC(=O)Nc2ccc(-c3ccc(CN4CCOCC4)nc3)c3ccccc23)cc(C(C)(C)C)cc1NS(C)=O. The van der Waals surface area contributed by atoms with E-state index in [1.54, 1.807) is 6.26 Å². The Hall–Kier alpha value is -3.99. The van der Waals surface area contributed by atoms with Crippen molar-refractivity contribution in [1.29, 1.82) is 0 Å². The van der Waals surface area contributed by atoms with Gasteiger partial charge in [-0.2, -0.15) is 0 Å². The van der Waals surface area contributed by atoms with Crippen molar-refractivity contribution in [3.8, 4) is 16.9 Å². The van der Waals surface area contributed by atoms with Crippen molar-refractivity contribution in [2.45, 2.75) is 32.7 Å². The van der Waals surface area contributed by atoms with Crippen LogP contribution in [0.1, 0.15) is 32.0 Å². The van der Waals surface area contributed by atoms with Crippen molar-refractivity contribution in [2.24, 2.45) is 0 Å². The first kappa shape index (κ1) is 30.5. The van der Waals surface area contributed by atoms with Crippen LogP contribution in [0.25, 0.3) is 21.9 Å². The van der Waals surface area contributed by atoms with E-state index in [1.165, 1.54) is 7.11 Å². The Morgan fingerprint density at radius 3 is 2.33 bits per heavy atom. The van der Waals surface area contributed by atoms with Gasteiger partial charge in [-0.15, -0.1) is 0 Å². The van der Waals surface area contributed by atoms with E-state index in [0.717, 1.165) is 66.0 Å². The van der Waals surface area contributed by atoms with Crippen molar-refractivity contribution in [3.63, 3.8) is 0 Å². The van der Waals surface area contributed by atoms with Crippen LogP contribution >= 0.6 is 0 Å². The molecule has 4 aromatic rings. The van der Waals surface area contributed by atoms with Crippen LogP contribution in [0.4, 0.5) is 21.9 Å². The van der Waals surface area contributed by atoms with Crippen molar-refractivity contribution in [1.82, 2.24) is 9.88 Å². The second kappa shape index (κ2) is 13.1. The number of hydrogen-bond acceptors (Lipinski definition) is 6. The van der Waals surface area contributed by atoms with Gasteiger partial charge < -0.3 is 24.8 Å². The Labute approximate surface area is 255 Å². The molecule has 5 rings (SSSR count). The standard InChI is InChI=1S/C33H39N5O4S/c1-33(2,3)23-18-29(31(41-4)30(19-23)37-43(5)40)36-32(39)35-28-13-12-25(26-8-6-7-9-27(26)28)22-10-11-24(34-20-22)21-38-14-16-42-17-15-38/h6-13,18-20,37H,14-17,21H2,1-5H3,(H2,35,36,39). The highest BCUT2D eigenvalue weighted by Gasteiger charge is 2.22. The lowest BCUT2D eigenvalue weighted by molar-refractivity contribution is 0.0336. The van der Waals surface area contributed by atoms with Crippen molar-refractivity contribution < 1.29 is 18.5 Å². The number of amides is 2. The van der Waals surface area contributed by atoms with Crippen LogP contribution in [0.15, 0.2) is 66.9 Å². The smallest absolute Gasteiger partial charge is 0.323 e. The van der Waals surface area contributed by atoms with Crippen LogP contribution in [0.2, 0.25) is 0 Å². The summed E-state index contributed by atoms with van der Waals surface area (Å²) in [5, 5.41) is 7.89. The molecule has 226 valence electrons. The summed E-state index contributed by atoms with van der Waals surface area (Å²) >= 11 is 0. The van der Waals surface area contributed by atoms with Crippen LogP contribution in [0, 0.1) is 0 Å². The fourth-order valence-electron chi connectivity index (χ4n) is 5.21. The minimum Gasteiger partial charge on any atom is -0.492 e. The van der Waals surface area contributed by atoms with Crippen LogP contribution in [-0.2, 0) is 27.7 Å². The van der Waals surface area contributed by atoms with E-state index in [9.17, 15) is 9.00 Å². The molecule has 1 saturated heterocycles. The number of hydrogen-bond donors (Lipinski definition) is 3.